The molecule has 0 aromatic carbocycles. The van der Waals surface area contributed by atoms with Gasteiger partial charge in [0.1, 0.15) is 0 Å². The molecule has 0 aliphatic carbocycles. The van der Waals surface area contributed by atoms with Crippen molar-refractivity contribution in [2.45, 2.75) is 31.6 Å². The summed E-state index contributed by atoms with van der Waals surface area (Å²) in [6.07, 6.45) is 1.22. The molecule has 1 rings (SSSR count). The first-order valence-corrected chi connectivity index (χ1v) is 8.28. The molecule has 0 aliphatic rings. The zero-order valence-electron chi connectivity index (χ0n) is 9.74. The van der Waals surface area contributed by atoms with Gasteiger partial charge in [0.2, 0.25) is 0 Å². The second-order valence-corrected chi connectivity index (χ2v) is 9.14. The monoisotopic (exact) mass is 325 g/mol. The number of hydrogen-bond donors (Lipinski definition) is 1. The van der Waals surface area contributed by atoms with E-state index < -0.39 is 20.6 Å². The normalized spacial score (nSPS) is 15.1. The van der Waals surface area contributed by atoms with Crippen LogP contribution in [0.5, 0.6) is 0 Å². The Morgan fingerprint density at radius 3 is 2.31 bits per heavy atom. The Hall–Kier alpha value is 0.0900. The number of rotatable bonds is 3. The first-order chi connectivity index (χ1) is 7.07. The van der Waals surface area contributed by atoms with Crippen LogP contribution in [0.4, 0.5) is 0 Å². The summed E-state index contributed by atoms with van der Waals surface area (Å²) in [7, 11) is -3.19. The summed E-state index contributed by atoms with van der Waals surface area (Å²) in [6.45, 7) is 5.30. The van der Waals surface area contributed by atoms with Gasteiger partial charge in [-0.15, -0.1) is 11.3 Å². The van der Waals surface area contributed by atoms with E-state index in [9.17, 15) is 8.42 Å². The van der Waals surface area contributed by atoms with Crippen molar-refractivity contribution < 1.29 is 8.42 Å². The highest BCUT2D eigenvalue weighted by Gasteiger charge is 2.38. The summed E-state index contributed by atoms with van der Waals surface area (Å²) in [4.78, 5) is 1.99. The van der Waals surface area contributed by atoms with Crippen LogP contribution in [0.25, 0.3) is 0 Å². The van der Waals surface area contributed by atoms with Gasteiger partial charge in [-0.1, -0.05) is 0 Å². The molecule has 1 unspecified atom stereocenters. The number of nitrogens with two attached hydrogens (primary N) is 1. The second kappa shape index (κ2) is 4.40. The number of thiophene rings is 1. The van der Waals surface area contributed by atoms with Crippen molar-refractivity contribution in [3.63, 3.8) is 0 Å². The Bertz CT molecular complexity index is 471. The van der Waals surface area contributed by atoms with Gasteiger partial charge in [0.15, 0.2) is 9.84 Å². The van der Waals surface area contributed by atoms with Gasteiger partial charge in [0.05, 0.1) is 10.8 Å². The lowest BCUT2D eigenvalue weighted by molar-refractivity contribution is 0.501. The van der Waals surface area contributed by atoms with Crippen LogP contribution in [0.3, 0.4) is 0 Å². The van der Waals surface area contributed by atoms with Crippen LogP contribution in [0, 0.1) is 6.92 Å². The first kappa shape index (κ1) is 14.2. The van der Waals surface area contributed by atoms with Crippen LogP contribution in [-0.2, 0) is 9.84 Å². The first-order valence-electron chi connectivity index (χ1n) is 4.78. The third kappa shape index (κ3) is 2.50. The molecule has 0 saturated heterocycles. The molecule has 6 heteroatoms. The van der Waals surface area contributed by atoms with Crippen LogP contribution in [-0.4, -0.2) is 19.4 Å². The third-order valence-electron chi connectivity index (χ3n) is 2.89. The van der Waals surface area contributed by atoms with E-state index in [1.165, 1.54) is 17.6 Å². The van der Waals surface area contributed by atoms with Crippen molar-refractivity contribution >= 4 is 37.1 Å². The molecule has 1 heterocycles. The average Bonchev–Trinajstić information content (AvgIpc) is 2.43. The van der Waals surface area contributed by atoms with Crippen LogP contribution in [0.1, 0.15) is 29.6 Å². The molecular weight excluding hydrogens is 310 g/mol. The highest BCUT2D eigenvalue weighted by atomic mass is 79.9. The van der Waals surface area contributed by atoms with Gasteiger partial charge in [-0.05, 0) is 42.8 Å². The Labute approximate surface area is 109 Å². The summed E-state index contributed by atoms with van der Waals surface area (Å²) in [5.41, 5.74) is 6.05. The van der Waals surface area contributed by atoms with Gasteiger partial charge in [-0.2, -0.15) is 0 Å². The van der Waals surface area contributed by atoms with Crippen molar-refractivity contribution in [2.24, 2.45) is 5.73 Å². The van der Waals surface area contributed by atoms with E-state index in [1.54, 1.807) is 13.8 Å². The van der Waals surface area contributed by atoms with Crippen molar-refractivity contribution in [1.29, 1.82) is 0 Å². The van der Waals surface area contributed by atoms with Crippen LogP contribution in [0.2, 0.25) is 0 Å². The van der Waals surface area contributed by atoms with Crippen LogP contribution < -0.4 is 5.73 Å². The Morgan fingerprint density at radius 1 is 1.50 bits per heavy atom. The highest BCUT2D eigenvalue weighted by Crippen LogP contribution is 2.36. The number of sulfone groups is 1. The Balaban J connectivity index is 3.17. The van der Waals surface area contributed by atoms with Crippen molar-refractivity contribution in [3.05, 3.63) is 20.3 Å². The fourth-order valence-electron chi connectivity index (χ4n) is 1.21. The van der Waals surface area contributed by atoms with Crippen molar-refractivity contribution in [2.75, 3.05) is 6.26 Å². The van der Waals surface area contributed by atoms with E-state index in [4.69, 9.17) is 5.73 Å². The lowest BCUT2D eigenvalue weighted by atomic mass is 10.0. The predicted molar refractivity (Wildman–Crippen MR) is 72.6 cm³/mol. The molecule has 2 N–H and O–H groups in total. The van der Waals surface area contributed by atoms with Gasteiger partial charge < -0.3 is 5.73 Å². The fourth-order valence-corrected chi connectivity index (χ4v) is 3.62. The molecule has 0 radical (unpaired) electrons. The maximum absolute atomic E-state index is 11.7. The zero-order valence-corrected chi connectivity index (χ0v) is 13.0. The van der Waals surface area contributed by atoms with E-state index in [0.29, 0.717) is 0 Å². The van der Waals surface area contributed by atoms with Crippen LogP contribution in [0.15, 0.2) is 10.5 Å². The second-order valence-electron chi connectivity index (χ2n) is 4.41. The standard InChI is InChI=1S/C10H16BrNO2S2/c1-6-7(11)5-8(15-6)9(12)10(2,3)16(4,13)14/h5,9H,12H2,1-4H3. The number of halogens is 1. The highest BCUT2D eigenvalue weighted by molar-refractivity contribution is 9.10. The van der Waals surface area contributed by atoms with E-state index in [0.717, 1.165) is 14.2 Å². The minimum atomic E-state index is -3.19. The van der Waals surface area contributed by atoms with E-state index in [2.05, 4.69) is 15.9 Å². The molecule has 1 aromatic rings. The Morgan fingerprint density at radius 2 is 2.00 bits per heavy atom. The topological polar surface area (TPSA) is 60.2 Å². The molecule has 16 heavy (non-hydrogen) atoms. The quantitative estimate of drug-likeness (QED) is 0.929. The molecule has 0 amide bonds. The minimum Gasteiger partial charge on any atom is -0.322 e. The van der Waals surface area contributed by atoms with Gasteiger partial charge in [-0.3, -0.25) is 0 Å². The smallest absolute Gasteiger partial charge is 0.154 e. The summed E-state index contributed by atoms with van der Waals surface area (Å²) in [5, 5.41) is 0. The molecule has 0 saturated carbocycles. The summed E-state index contributed by atoms with van der Waals surface area (Å²) in [6, 6.07) is 1.40. The van der Waals surface area contributed by atoms with E-state index in [1.807, 2.05) is 13.0 Å². The third-order valence-corrected chi connectivity index (χ3v) is 7.27. The summed E-state index contributed by atoms with van der Waals surface area (Å²) >= 11 is 4.94. The van der Waals surface area contributed by atoms with Crippen LogP contribution >= 0.6 is 27.3 Å². The molecule has 3 nitrogen and oxygen atoms in total. The maximum Gasteiger partial charge on any atom is 0.154 e. The van der Waals surface area contributed by atoms with Crippen molar-refractivity contribution in [1.82, 2.24) is 0 Å². The molecule has 1 aromatic heterocycles. The van der Waals surface area contributed by atoms with Gasteiger partial charge in [-0.25, -0.2) is 8.42 Å². The zero-order chi connectivity index (χ0) is 12.7. The van der Waals surface area contributed by atoms with Crippen molar-refractivity contribution in [3.8, 4) is 0 Å². The lowest BCUT2D eigenvalue weighted by Crippen LogP contribution is -2.41. The van der Waals surface area contributed by atoms with Gasteiger partial charge in [0, 0.05) is 20.5 Å². The average molecular weight is 326 g/mol. The summed E-state index contributed by atoms with van der Waals surface area (Å²) < 4.78 is 23.4. The molecule has 0 fully saturated rings. The Kier molecular flexibility index (Phi) is 3.89. The largest absolute Gasteiger partial charge is 0.322 e. The molecular formula is C10H16BrNO2S2. The van der Waals surface area contributed by atoms with Gasteiger partial charge >= 0.3 is 0 Å². The lowest BCUT2D eigenvalue weighted by Gasteiger charge is -2.28. The maximum atomic E-state index is 11.7. The molecule has 1 atom stereocenters. The molecule has 92 valence electrons. The molecule has 0 aliphatic heterocycles. The minimum absolute atomic E-state index is 0.502. The van der Waals surface area contributed by atoms with Gasteiger partial charge in [0.25, 0.3) is 0 Å². The molecule has 0 bridgehead atoms. The SMILES string of the molecule is Cc1sc(C(N)C(C)(C)S(C)(=O)=O)cc1Br. The summed E-state index contributed by atoms with van der Waals surface area (Å²) in [5.74, 6) is 0. The number of aryl methyl sites for hydroxylation is 1. The van der Waals surface area contributed by atoms with E-state index in [-0.39, 0.29) is 0 Å². The predicted octanol–water partition coefficient (Wildman–Crippen LogP) is 2.64. The number of hydrogen-bond acceptors (Lipinski definition) is 4. The van der Waals surface area contributed by atoms with E-state index >= 15 is 0 Å². The molecule has 0 spiro atoms. The fraction of sp³-hybridized carbons (Fsp3) is 0.600.